The van der Waals surface area contributed by atoms with Crippen LogP contribution in [0.25, 0.3) is 0 Å². The molecule has 0 radical (unpaired) electrons. The number of aryl methyl sites for hydroxylation is 1. The molecule has 0 bridgehead atoms. The van der Waals surface area contributed by atoms with E-state index in [0.29, 0.717) is 0 Å². The summed E-state index contributed by atoms with van der Waals surface area (Å²) in [5, 5.41) is 2.50. The molecule has 0 amide bonds. The van der Waals surface area contributed by atoms with E-state index in [-0.39, 0.29) is 26.4 Å². The largest absolute Gasteiger partial charge is 0.465 e. The van der Waals surface area contributed by atoms with Crippen molar-refractivity contribution >= 4 is 39.7 Å². The topological polar surface area (TPSA) is 51.2 Å². The second-order valence-corrected chi connectivity index (χ2v) is 5.17. The Kier molecular flexibility index (Phi) is 4.20. The number of hydrogen-bond acceptors (Lipinski definition) is 5. The number of carbonyl (C=O) groups is 1. The minimum atomic E-state index is -0.765. The molecule has 4 nitrogen and oxygen atoms in total. The van der Waals surface area contributed by atoms with Crippen LogP contribution in [0.5, 0.6) is 0 Å². The molecule has 0 aliphatic heterocycles. The molecule has 2 aromatic rings. The Bertz CT molecular complexity index is 676. The van der Waals surface area contributed by atoms with Gasteiger partial charge in [0.05, 0.1) is 7.11 Å². The van der Waals surface area contributed by atoms with Crippen LogP contribution in [0.15, 0.2) is 12.1 Å². The van der Waals surface area contributed by atoms with Gasteiger partial charge in [0.2, 0.25) is 0 Å². The number of methoxy groups -OCH3 is 1. The molecular formula is C12H9ClF2N2O2S. The number of esters is 1. The lowest BCUT2D eigenvalue weighted by atomic mass is 10.2. The van der Waals surface area contributed by atoms with Crippen LogP contribution in [0.4, 0.5) is 19.6 Å². The first-order valence-corrected chi connectivity index (χ1v) is 6.59. The summed E-state index contributed by atoms with van der Waals surface area (Å²) in [4.78, 5) is 15.3. The molecule has 20 heavy (non-hydrogen) atoms. The average molecular weight is 319 g/mol. The van der Waals surface area contributed by atoms with Crippen LogP contribution in [0.3, 0.4) is 0 Å². The van der Waals surface area contributed by atoms with Crippen LogP contribution in [-0.4, -0.2) is 18.1 Å². The van der Waals surface area contributed by atoms with Gasteiger partial charge in [-0.15, -0.1) is 0 Å². The third kappa shape index (κ3) is 2.73. The number of nitrogens with zero attached hydrogens (tertiary/aromatic N) is 1. The van der Waals surface area contributed by atoms with Crippen molar-refractivity contribution in [1.82, 2.24) is 4.98 Å². The summed E-state index contributed by atoms with van der Waals surface area (Å²) in [5.74, 6) is -2.15. The molecule has 1 N–H and O–H groups in total. The van der Waals surface area contributed by atoms with Crippen LogP contribution in [0.2, 0.25) is 5.15 Å². The molecule has 1 aromatic carbocycles. The molecule has 1 heterocycles. The van der Waals surface area contributed by atoms with Gasteiger partial charge < -0.3 is 10.1 Å². The van der Waals surface area contributed by atoms with Crippen LogP contribution >= 0.6 is 22.9 Å². The molecule has 0 saturated heterocycles. The van der Waals surface area contributed by atoms with Crippen LogP contribution < -0.4 is 5.32 Å². The fourth-order valence-electron chi connectivity index (χ4n) is 1.45. The number of aromatic nitrogens is 1. The molecule has 8 heteroatoms. The fraction of sp³-hybridized carbons (Fsp3) is 0.167. The van der Waals surface area contributed by atoms with Crippen molar-refractivity contribution in [2.24, 2.45) is 0 Å². The lowest BCUT2D eigenvalue weighted by Gasteiger charge is -2.07. The number of hydrogen-bond donors (Lipinski definition) is 1. The fourth-order valence-corrected chi connectivity index (χ4v) is 2.56. The number of carbonyl (C=O) groups excluding carboxylic acids is 1. The van der Waals surface area contributed by atoms with E-state index in [1.165, 1.54) is 20.1 Å². The second-order valence-electron chi connectivity index (χ2n) is 3.81. The molecule has 0 atom stereocenters. The van der Waals surface area contributed by atoms with Gasteiger partial charge in [0, 0.05) is 0 Å². The number of thiazole rings is 1. The van der Waals surface area contributed by atoms with E-state index in [0.717, 1.165) is 17.4 Å². The molecule has 0 fully saturated rings. The summed E-state index contributed by atoms with van der Waals surface area (Å²) in [6.45, 7) is 1.51. The normalized spacial score (nSPS) is 10.4. The SMILES string of the molecule is COC(=O)c1sc(Nc2c(F)ccc(C)c2F)nc1Cl. The maximum absolute atomic E-state index is 13.8. The molecule has 0 saturated carbocycles. The first kappa shape index (κ1) is 14.7. The minimum Gasteiger partial charge on any atom is -0.465 e. The maximum atomic E-state index is 13.8. The lowest BCUT2D eigenvalue weighted by Crippen LogP contribution is -1.99. The summed E-state index contributed by atoms with van der Waals surface area (Å²) < 4.78 is 31.9. The molecule has 2 rings (SSSR count). The van der Waals surface area contributed by atoms with E-state index in [2.05, 4.69) is 15.0 Å². The Balaban J connectivity index is 2.36. The highest BCUT2D eigenvalue weighted by Crippen LogP contribution is 2.32. The lowest BCUT2D eigenvalue weighted by molar-refractivity contribution is 0.0606. The van der Waals surface area contributed by atoms with Crippen molar-refractivity contribution in [3.8, 4) is 0 Å². The Hall–Kier alpha value is -1.73. The van der Waals surface area contributed by atoms with Gasteiger partial charge in [-0.3, -0.25) is 0 Å². The highest BCUT2D eigenvalue weighted by Gasteiger charge is 2.19. The Labute approximate surface area is 122 Å². The van der Waals surface area contributed by atoms with E-state index in [9.17, 15) is 13.6 Å². The van der Waals surface area contributed by atoms with Crippen LogP contribution in [-0.2, 0) is 4.74 Å². The van der Waals surface area contributed by atoms with Gasteiger partial charge >= 0.3 is 5.97 Å². The summed E-state index contributed by atoms with van der Waals surface area (Å²) in [5.41, 5.74) is -0.0587. The molecule has 106 valence electrons. The summed E-state index contributed by atoms with van der Waals surface area (Å²) in [6.07, 6.45) is 0. The van der Waals surface area contributed by atoms with E-state index in [4.69, 9.17) is 11.6 Å². The van der Waals surface area contributed by atoms with Crippen molar-refractivity contribution in [3.63, 3.8) is 0 Å². The van der Waals surface area contributed by atoms with Crippen molar-refractivity contribution in [2.45, 2.75) is 6.92 Å². The second kappa shape index (κ2) is 5.72. The third-order valence-electron chi connectivity index (χ3n) is 2.47. The van der Waals surface area contributed by atoms with E-state index >= 15 is 0 Å². The van der Waals surface area contributed by atoms with Crippen molar-refractivity contribution < 1.29 is 18.3 Å². The van der Waals surface area contributed by atoms with Gasteiger partial charge in [-0.05, 0) is 18.6 Å². The Morgan fingerprint density at radius 1 is 1.45 bits per heavy atom. The molecule has 0 aliphatic carbocycles. The smallest absolute Gasteiger partial charge is 0.351 e. The van der Waals surface area contributed by atoms with Crippen LogP contribution in [0.1, 0.15) is 15.2 Å². The van der Waals surface area contributed by atoms with E-state index in [1.807, 2.05) is 0 Å². The summed E-state index contributed by atoms with van der Waals surface area (Å²) >= 11 is 6.61. The zero-order chi connectivity index (χ0) is 14.9. The highest BCUT2D eigenvalue weighted by molar-refractivity contribution is 7.18. The number of anilines is 2. The number of rotatable bonds is 3. The molecule has 0 unspecified atom stereocenters. The first-order valence-electron chi connectivity index (χ1n) is 5.40. The van der Waals surface area contributed by atoms with E-state index in [1.54, 1.807) is 0 Å². The average Bonchev–Trinajstić information content (AvgIpc) is 2.79. The minimum absolute atomic E-state index is 0.0603. The van der Waals surface area contributed by atoms with Gasteiger partial charge in [0.15, 0.2) is 21.0 Å². The molecule has 0 aliphatic rings. The molecule has 1 aromatic heterocycles. The predicted molar refractivity (Wildman–Crippen MR) is 72.8 cm³/mol. The quantitative estimate of drug-likeness (QED) is 0.872. The van der Waals surface area contributed by atoms with Crippen molar-refractivity contribution in [3.05, 3.63) is 39.4 Å². The van der Waals surface area contributed by atoms with Gasteiger partial charge in [-0.25, -0.2) is 18.6 Å². The molecule has 0 spiro atoms. The van der Waals surface area contributed by atoms with Gasteiger partial charge in [0.1, 0.15) is 11.5 Å². The van der Waals surface area contributed by atoms with Gasteiger partial charge in [0.25, 0.3) is 0 Å². The van der Waals surface area contributed by atoms with E-state index < -0.39 is 17.6 Å². The van der Waals surface area contributed by atoms with Gasteiger partial charge in [-0.1, -0.05) is 29.0 Å². The first-order chi connectivity index (χ1) is 9.43. The molecular weight excluding hydrogens is 310 g/mol. The van der Waals surface area contributed by atoms with Crippen LogP contribution in [0, 0.1) is 18.6 Å². The standard InChI is InChI=1S/C12H9ClF2N2O2S/c1-5-3-4-6(14)8(7(5)15)16-12-17-10(13)9(20-12)11(18)19-2/h3-4H,1-2H3,(H,16,17). The number of ether oxygens (including phenoxy) is 1. The van der Waals surface area contributed by atoms with Crippen molar-refractivity contribution in [1.29, 1.82) is 0 Å². The van der Waals surface area contributed by atoms with Gasteiger partial charge in [-0.2, -0.15) is 0 Å². The summed E-state index contributed by atoms with van der Waals surface area (Å²) in [6, 6.07) is 2.46. The van der Waals surface area contributed by atoms with Crippen molar-refractivity contribution in [2.75, 3.05) is 12.4 Å². The maximum Gasteiger partial charge on any atom is 0.351 e. The monoisotopic (exact) mass is 318 g/mol. The Morgan fingerprint density at radius 3 is 2.80 bits per heavy atom. The highest BCUT2D eigenvalue weighted by atomic mass is 35.5. The Morgan fingerprint density at radius 2 is 2.15 bits per heavy atom. The number of benzene rings is 1. The predicted octanol–water partition coefficient (Wildman–Crippen LogP) is 3.91. The third-order valence-corrected chi connectivity index (χ3v) is 3.81. The zero-order valence-corrected chi connectivity index (χ0v) is 12.0. The number of nitrogens with one attached hydrogen (secondary N) is 1. The zero-order valence-electron chi connectivity index (χ0n) is 10.5. The summed E-state index contributed by atoms with van der Waals surface area (Å²) in [7, 11) is 1.20. The number of halogens is 3.